The molecule has 0 aliphatic carbocycles. The lowest BCUT2D eigenvalue weighted by atomic mass is 9.89. The number of pyridine rings is 1. The van der Waals surface area contributed by atoms with Crippen LogP contribution in [-0.4, -0.2) is 53.3 Å². The highest BCUT2D eigenvalue weighted by Crippen LogP contribution is 2.39. The normalized spacial score (nSPS) is 20.2. The quantitative estimate of drug-likeness (QED) is 0.432. The molecule has 208 valence electrons. The summed E-state index contributed by atoms with van der Waals surface area (Å²) in [4.78, 5) is 30.4. The number of nitrogens with one attached hydrogen (secondary N) is 1. The van der Waals surface area contributed by atoms with Crippen molar-refractivity contribution in [1.82, 2.24) is 4.98 Å². The average molecular weight is 551 g/mol. The maximum absolute atomic E-state index is 12.0. The number of nitriles is 1. The monoisotopic (exact) mass is 550 g/mol. The van der Waals surface area contributed by atoms with Gasteiger partial charge in [0, 0.05) is 49.4 Å². The number of nitrogens with zero attached hydrogens (tertiary/aromatic N) is 3. The number of carbonyl (C=O) groups excluding carboxylic acids is 2. The molecule has 2 aliphatic heterocycles. The molecular formula is C30H38N4O4S. The van der Waals surface area contributed by atoms with E-state index in [-0.39, 0.29) is 42.3 Å². The highest BCUT2D eigenvalue weighted by atomic mass is 32.2. The number of benzene rings is 1. The first-order chi connectivity index (χ1) is 18.5. The molecular weight excluding hydrogens is 512 g/mol. The number of hydrogen-bond donors (Lipinski definition) is 1. The largest absolute Gasteiger partial charge is 0.372 e. The summed E-state index contributed by atoms with van der Waals surface area (Å²) >= 11 is 1.61. The maximum Gasteiger partial charge on any atom is 0.224 e. The Bertz CT molecular complexity index is 1250. The van der Waals surface area contributed by atoms with E-state index in [2.05, 4.69) is 44.0 Å². The summed E-state index contributed by atoms with van der Waals surface area (Å²) in [5, 5.41) is 13.8. The number of morpholine rings is 1. The van der Waals surface area contributed by atoms with Crippen LogP contribution >= 0.6 is 11.8 Å². The Morgan fingerprint density at radius 3 is 2.49 bits per heavy atom. The molecule has 1 N–H and O–H groups in total. The van der Waals surface area contributed by atoms with Crippen LogP contribution in [0.2, 0.25) is 0 Å². The van der Waals surface area contributed by atoms with Gasteiger partial charge in [0.05, 0.1) is 30.0 Å². The summed E-state index contributed by atoms with van der Waals surface area (Å²) in [7, 11) is 0. The second kappa shape index (κ2) is 12.5. The maximum atomic E-state index is 12.0. The number of carbonyl (C=O) groups is 2. The number of Topliss-reactive ketones (excluding diaryl/α,β-unsaturated/α-hetero) is 1. The van der Waals surface area contributed by atoms with Crippen LogP contribution in [0.25, 0.3) is 0 Å². The number of rotatable bonds is 9. The number of ketones is 1. The van der Waals surface area contributed by atoms with Gasteiger partial charge in [0.25, 0.3) is 0 Å². The van der Waals surface area contributed by atoms with Gasteiger partial charge in [-0.15, -0.1) is 11.8 Å². The van der Waals surface area contributed by atoms with Crippen molar-refractivity contribution in [2.45, 2.75) is 89.7 Å². The number of fused-ring (bicyclic) bond motifs is 1. The molecule has 2 atom stereocenters. The van der Waals surface area contributed by atoms with Gasteiger partial charge in [-0.05, 0) is 64.3 Å². The first-order valence-electron chi connectivity index (χ1n) is 13.6. The van der Waals surface area contributed by atoms with Gasteiger partial charge >= 0.3 is 0 Å². The lowest BCUT2D eigenvalue weighted by Gasteiger charge is -2.40. The molecule has 1 saturated heterocycles. The predicted octanol–water partition coefficient (Wildman–Crippen LogP) is 5.06. The zero-order valence-electron chi connectivity index (χ0n) is 23.5. The summed E-state index contributed by atoms with van der Waals surface area (Å²) in [6, 6.07) is 10.2. The molecule has 2 unspecified atom stereocenters. The number of aryl methyl sites for hydroxylation is 1. The number of hydrogen-bond acceptors (Lipinski definition) is 8. The average Bonchev–Trinajstić information content (AvgIpc) is 2.87. The van der Waals surface area contributed by atoms with Gasteiger partial charge in [0.2, 0.25) is 5.91 Å². The van der Waals surface area contributed by atoms with Crippen LogP contribution in [0.1, 0.15) is 69.7 Å². The lowest BCUT2D eigenvalue weighted by Crippen LogP contribution is -2.47. The topological polar surface area (TPSA) is 105 Å². The van der Waals surface area contributed by atoms with Crippen molar-refractivity contribution in [3.8, 4) is 6.07 Å². The smallest absolute Gasteiger partial charge is 0.224 e. The molecule has 0 spiro atoms. The highest BCUT2D eigenvalue weighted by Gasteiger charge is 2.34. The molecule has 39 heavy (non-hydrogen) atoms. The Kier molecular flexibility index (Phi) is 9.31. The number of anilines is 2. The van der Waals surface area contributed by atoms with E-state index < -0.39 is 0 Å². The second-order valence-electron chi connectivity index (χ2n) is 11.1. The standard InChI is InChI=1S/C30H38N4O4S/c1-19(35)6-11-27(36)32-23-9-7-22(8-10-23)12-13-39-29-25(15-31)24-14-30(4,5)37-18-26(24)28(33-29)34-16-20(2)38-21(3)17-34/h7-10,20-21H,6,11-14,16-18H2,1-5H3,(H,32,36). The fourth-order valence-electron chi connectivity index (χ4n) is 5.09. The van der Waals surface area contributed by atoms with Gasteiger partial charge in [0.1, 0.15) is 22.7 Å². The van der Waals surface area contributed by atoms with Gasteiger partial charge in [-0.2, -0.15) is 5.26 Å². The fraction of sp³-hybridized carbons (Fsp3) is 0.533. The number of thioether (sulfide) groups is 1. The second-order valence-corrected chi connectivity index (χ2v) is 12.2. The van der Waals surface area contributed by atoms with Crippen molar-refractivity contribution in [3.63, 3.8) is 0 Å². The number of ether oxygens (including phenoxy) is 2. The minimum Gasteiger partial charge on any atom is -0.372 e. The minimum atomic E-state index is -0.339. The lowest BCUT2D eigenvalue weighted by molar-refractivity contribution is -0.121. The number of aromatic nitrogens is 1. The predicted molar refractivity (Wildman–Crippen MR) is 153 cm³/mol. The molecule has 1 aromatic carbocycles. The van der Waals surface area contributed by atoms with E-state index >= 15 is 0 Å². The molecule has 3 heterocycles. The van der Waals surface area contributed by atoms with E-state index in [1.807, 2.05) is 24.3 Å². The van der Waals surface area contributed by atoms with Gasteiger partial charge in [0.15, 0.2) is 0 Å². The molecule has 4 rings (SSSR count). The van der Waals surface area contributed by atoms with Crippen LogP contribution < -0.4 is 10.2 Å². The minimum absolute atomic E-state index is 0.00389. The van der Waals surface area contributed by atoms with Crippen LogP contribution in [0, 0.1) is 11.3 Å². The van der Waals surface area contributed by atoms with E-state index in [4.69, 9.17) is 14.5 Å². The van der Waals surface area contributed by atoms with Crippen LogP contribution in [-0.2, 0) is 38.5 Å². The van der Waals surface area contributed by atoms with Crippen molar-refractivity contribution >= 4 is 35.0 Å². The third kappa shape index (κ3) is 7.59. The van der Waals surface area contributed by atoms with E-state index in [1.54, 1.807) is 11.8 Å². The van der Waals surface area contributed by atoms with Gasteiger partial charge in [-0.25, -0.2) is 4.98 Å². The summed E-state index contributed by atoms with van der Waals surface area (Å²) in [6.45, 7) is 11.7. The molecule has 2 aliphatic rings. The highest BCUT2D eigenvalue weighted by molar-refractivity contribution is 7.99. The van der Waals surface area contributed by atoms with Crippen molar-refractivity contribution in [3.05, 3.63) is 46.5 Å². The number of amides is 1. The SMILES string of the molecule is CC(=O)CCC(=O)Nc1ccc(CCSc2nc(N3CC(C)OC(C)C3)c3c(c2C#N)CC(C)(C)OC3)cc1. The molecule has 0 radical (unpaired) electrons. The van der Waals surface area contributed by atoms with E-state index in [9.17, 15) is 14.9 Å². The van der Waals surface area contributed by atoms with E-state index in [0.717, 1.165) is 52.8 Å². The van der Waals surface area contributed by atoms with Crippen molar-refractivity contribution in [1.29, 1.82) is 5.26 Å². The fourth-order valence-corrected chi connectivity index (χ4v) is 6.09. The van der Waals surface area contributed by atoms with E-state index in [0.29, 0.717) is 24.3 Å². The molecule has 0 saturated carbocycles. The van der Waals surface area contributed by atoms with E-state index in [1.165, 1.54) is 6.92 Å². The third-order valence-corrected chi connectivity index (χ3v) is 7.95. The molecule has 1 aromatic heterocycles. The summed E-state index contributed by atoms with van der Waals surface area (Å²) < 4.78 is 12.1. The van der Waals surface area contributed by atoms with Crippen molar-refractivity contribution < 1.29 is 19.1 Å². The first kappa shape index (κ1) is 29.1. The molecule has 8 nitrogen and oxygen atoms in total. The van der Waals surface area contributed by atoms with Crippen LogP contribution in [0.5, 0.6) is 0 Å². The summed E-state index contributed by atoms with van der Waals surface area (Å²) in [5.41, 5.74) is 4.25. The molecule has 9 heteroatoms. The van der Waals surface area contributed by atoms with Gasteiger partial charge in [-0.3, -0.25) is 4.79 Å². The Morgan fingerprint density at radius 2 is 1.85 bits per heavy atom. The van der Waals surface area contributed by atoms with Crippen molar-refractivity contribution in [2.75, 3.05) is 29.1 Å². The zero-order chi connectivity index (χ0) is 28.2. The van der Waals surface area contributed by atoms with Crippen LogP contribution in [0.15, 0.2) is 29.3 Å². The zero-order valence-corrected chi connectivity index (χ0v) is 24.3. The Morgan fingerprint density at radius 1 is 1.15 bits per heavy atom. The third-order valence-electron chi connectivity index (χ3n) is 6.97. The molecule has 0 bridgehead atoms. The Hall–Kier alpha value is -2.93. The van der Waals surface area contributed by atoms with Gasteiger partial charge in [-0.1, -0.05) is 12.1 Å². The summed E-state index contributed by atoms with van der Waals surface area (Å²) in [6.07, 6.45) is 2.10. The van der Waals surface area contributed by atoms with Crippen molar-refractivity contribution in [2.24, 2.45) is 0 Å². The van der Waals surface area contributed by atoms with Gasteiger partial charge < -0.3 is 24.5 Å². The first-order valence-corrected chi connectivity index (χ1v) is 14.5. The van der Waals surface area contributed by atoms with Crippen LogP contribution in [0.3, 0.4) is 0 Å². The molecule has 1 amide bonds. The van der Waals surface area contributed by atoms with Crippen LogP contribution in [0.4, 0.5) is 11.5 Å². The molecule has 2 aromatic rings. The summed E-state index contributed by atoms with van der Waals surface area (Å²) in [5.74, 6) is 1.52. The Labute approximate surface area is 235 Å². The molecule has 1 fully saturated rings. The Balaban J connectivity index is 1.49.